The minimum Gasteiger partial charge on any atom is -0.281 e. The SMILES string of the molecule is CCc1ccnc(CC)c1C(=O)Br. The molecule has 0 aliphatic carbocycles. The minimum atomic E-state index is -0.0608. The zero-order valence-electron chi connectivity index (χ0n) is 7.80. The molecule has 0 aromatic carbocycles. The van der Waals surface area contributed by atoms with Crippen LogP contribution in [0.3, 0.4) is 0 Å². The van der Waals surface area contributed by atoms with Crippen LogP contribution in [0, 0.1) is 0 Å². The van der Waals surface area contributed by atoms with E-state index in [2.05, 4.69) is 20.9 Å². The number of pyridine rings is 1. The molecule has 0 bridgehead atoms. The average Bonchev–Trinajstić information content (AvgIpc) is 2.16. The second-order valence-electron chi connectivity index (χ2n) is 2.77. The van der Waals surface area contributed by atoms with Crippen molar-refractivity contribution >= 4 is 20.6 Å². The van der Waals surface area contributed by atoms with Crippen molar-refractivity contribution in [1.29, 1.82) is 0 Å². The fourth-order valence-electron chi connectivity index (χ4n) is 1.35. The Bertz CT molecular complexity index is 300. The maximum absolute atomic E-state index is 11.3. The Hall–Kier alpha value is -0.700. The monoisotopic (exact) mass is 241 g/mol. The summed E-state index contributed by atoms with van der Waals surface area (Å²) in [6.45, 7) is 4.04. The molecule has 70 valence electrons. The molecule has 0 amide bonds. The van der Waals surface area contributed by atoms with E-state index in [1.807, 2.05) is 19.9 Å². The number of hydrogen-bond donors (Lipinski definition) is 0. The molecule has 0 atom stereocenters. The van der Waals surface area contributed by atoms with Crippen LogP contribution in [0.15, 0.2) is 12.3 Å². The van der Waals surface area contributed by atoms with E-state index in [9.17, 15) is 4.79 Å². The number of hydrogen-bond acceptors (Lipinski definition) is 2. The van der Waals surface area contributed by atoms with Gasteiger partial charge in [0, 0.05) is 6.20 Å². The van der Waals surface area contributed by atoms with Gasteiger partial charge in [-0.25, -0.2) is 0 Å². The first kappa shape index (κ1) is 10.4. The first-order valence-corrected chi connectivity index (χ1v) is 5.16. The van der Waals surface area contributed by atoms with Gasteiger partial charge >= 0.3 is 0 Å². The Morgan fingerprint density at radius 3 is 2.62 bits per heavy atom. The summed E-state index contributed by atoms with van der Waals surface area (Å²) in [6, 6.07) is 1.90. The Morgan fingerprint density at radius 2 is 2.15 bits per heavy atom. The van der Waals surface area contributed by atoms with Gasteiger partial charge < -0.3 is 0 Å². The standard InChI is InChI=1S/C10H12BrNO/c1-3-7-5-6-12-8(4-2)9(7)10(11)13/h5-6H,3-4H2,1-2H3. The van der Waals surface area contributed by atoms with Gasteiger partial charge in [0.25, 0.3) is 0 Å². The lowest BCUT2D eigenvalue weighted by Gasteiger charge is -2.07. The third-order valence-corrected chi connectivity index (χ3v) is 2.42. The van der Waals surface area contributed by atoms with Crippen molar-refractivity contribution in [2.75, 3.05) is 0 Å². The Kier molecular flexibility index (Phi) is 3.60. The molecule has 2 nitrogen and oxygen atoms in total. The van der Waals surface area contributed by atoms with Crippen molar-refractivity contribution in [3.63, 3.8) is 0 Å². The summed E-state index contributed by atoms with van der Waals surface area (Å²) in [5.74, 6) is 0. The number of aromatic nitrogens is 1. The Morgan fingerprint density at radius 1 is 1.46 bits per heavy atom. The van der Waals surface area contributed by atoms with Gasteiger partial charge in [-0.1, -0.05) is 13.8 Å². The quantitative estimate of drug-likeness (QED) is 0.763. The molecule has 13 heavy (non-hydrogen) atoms. The first-order chi connectivity index (χ1) is 6.20. The van der Waals surface area contributed by atoms with E-state index < -0.39 is 0 Å². The van der Waals surface area contributed by atoms with Crippen molar-refractivity contribution in [1.82, 2.24) is 4.98 Å². The molecule has 1 aromatic rings. The Labute approximate surface area is 86.5 Å². The third kappa shape index (κ3) is 2.15. The average molecular weight is 242 g/mol. The molecule has 0 fully saturated rings. The molecule has 1 aromatic heterocycles. The van der Waals surface area contributed by atoms with Crippen molar-refractivity contribution in [2.45, 2.75) is 26.7 Å². The van der Waals surface area contributed by atoms with E-state index in [0.29, 0.717) is 0 Å². The summed E-state index contributed by atoms with van der Waals surface area (Å²) in [4.78, 5) is 15.5. The van der Waals surface area contributed by atoms with Crippen molar-refractivity contribution in [2.24, 2.45) is 0 Å². The van der Waals surface area contributed by atoms with Gasteiger partial charge in [-0.15, -0.1) is 0 Å². The fourth-order valence-corrected chi connectivity index (χ4v) is 1.84. The lowest BCUT2D eigenvalue weighted by atomic mass is 10.0. The van der Waals surface area contributed by atoms with E-state index in [4.69, 9.17) is 0 Å². The van der Waals surface area contributed by atoms with Crippen LogP contribution in [-0.2, 0) is 12.8 Å². The topological polar surface area (TPSA) is 30.0 Å². The molecule has 0 saturated heterocycles. The Balaban J connectivity index is 3.29. The molecule has 0 unspecified atom stereocenters. The van der Waals surface area contributed by atoms with Gasteiger partial charge in [0.2, 0.25) is 4.69 Å². The summed E-state index contributed by atoms with van der Waals surface area (Å²) in [7, 11) is 0. The van der Waals surface area contributed by atoms with E-state index in [1.54, 1.807) is 6.20 Å². The summed E-state index contributed by atoms with van der Waals surface area (Å²) >= 11 is 2.99. The van der Waals surface area contributed by atoms with E-state index >= 15 is 0 Å². The highest BCUT2D eigenvalue weighted by Crippen LogP contribution is 2.17. The highest BCUT2D eigenvalue weighted by Gasteiger charge is 2.12. The molecule has 1 heterocycles. The number of carbonyl (C=O) groups excluding carboxylic acids is 1. The predicted molar refractivity (Wildman–Crippen MR) is 56.3 cm³/mol. The van der Waals surface area contributed by atoms with Gasteiger partial charge in [0.1, 0.15) is 0 Å². The highest BCUT2D eigenvalue weighted by molar-refractivity contribution is 9.18. The molecule has 0 spiro atoms. The number of carbonyl (C=O) groups is 1. The zero-order chi connectivity index (χ0) is 9.84. The molecule has 0 radical (unpaired) electrons. The van der Waals surface area contributed by atoms with E-state index in [-0.39, 0.29) is 4.69 Å². The predicted octanol–water partition coefficient (Wildman–Crippen LogP) is 2.74. The summed E-state index contributed by atoms with van der Waals surface area (Å²) in [5.41, 5.74) is 2.68. The van der Waals surface area contributed by atoms with Crippen LogP contribution in [-0.4, -0.2) is 9.68 Å². The molecular formula is C10H12BrNO. The van der Waals surface area contributed by atoms with Gasteiger partial charge in [-0.3, -0.25) is 9.78 Å². The fraction of sp³-hybridized carbons (Fsp3) is 0.400. The molecule has 0 saturated carbocycles. The van der Waals surface area contributed by atoms with Crippen molar-refractivity contribution in [3.8, 4) is 0 Å². The summed E-state index contributed by atoms with van der Waals surface area (Å²) in [5, 5.41) is 0. The second-order valence-corrected chi connectivity index (χ2v) is 3.49. The second kappa shape index (κ2) is 4.51. The molecule has 1 rings (SSSR count). The maximum atomic E-state index is 11.3. The lowest BCUT2D eigenvalue weighted by molar-refractivity contribution is 0.109. The lowest BCUT2D eigenvalue weighted by Crippen LogP contribution is -2.04. The minimum absolute atomic E-state index is 0.0608. The third-order valence-electron chi connectivity index (χ3n) is 2.03. The van der Waals surface area contributed by atoms with Crippen LogP contribution in [0.5, 0.6) is 0 Å². The van der Waals surface area contributed by atoms with Crippen LogP contribution in [0.2, 0.25) is 0 Å². The highest BCUT2D eigenvalue weighted by atomic mass is 79.9. The molecule has 3 heteroatoms. The normalized spacial score (nSPS) is 10.1. The number of nitrogens with zero attached hydrogens (tertiary/aromatic N) is 1. The van der Waals surface area contributed by atoms with Gasteiger partial charge in [0.05, 0.1) is 11.3 Å². The first-order valence-electron chi connectivity index (χ1n) is 4.37. The van der Waals surface area contributed by atoms with Crippen LogP contribution in [0.25, 0.3) is 0 Å². The van der Waals surface area contributed by atoms with Crippen LogP contribution >= 0.6 is 15.9 Å². The summed E-state index contributed by atoms with van der Waals surface area (Å²) < 4.78 is -0.0608. The number of aryl methyl sites for hydroxylation is 2. The van der Waals surface area contributed by atoms with Crippen molar-refractivity contribution in [3.05, 3.63) is 29.1 Å². The molecule has 0 aliphatic rings. The smallest absolute Gasteiger partial charge is 0.230 e. The largest absolute Gasteiger partial charge is 0.281 e. The zero-order valence-corrected chi connectivity index (χ0v) is 9.39. The number of rotatable bonds is 3. The van der Waals surface area contributed by atoms with E-state index in [0.717, 1.165) is 29.7 Å². The van der Waals surface area contributed by atoms with Crippen molar-refractivity contribution < 1.29 is 4.79 Å². The van der Waals surface area contributed by atoms with Gasteiger partial charge in [0.15, 0.2) is 0 Å². The number of halogens is 1. The van der Waals surface area contributed by atoms with E-state index in [1.165, 1.54) is 0 Å². The summed E-state index contributed by atoms with van der Waals surface area (Å²) in [6.07, 6.45) is 3.42. The molecule has 0 aliphatic heterocycles. The van der Waals surface area contributed by atoms with Crippen LogP contribution in [0.1, 0.15) is 35.5 Å². The molecule has 0 N–H and O–H groups in total. The van der Waals surface area contributed by atoms with Crippen LogP contribution in [0.4, 0.5) is 0 Å². The van der Waals surface area contributed by atoms with Crippen LogP contribution < -0.4 is 0 Å². The maximum Gasteiger partial charge on any atom is 0.230 e. The van der Waals surface area contributed by atoms with Gasteiger partial charge in [-0.05, 0) is 40.4 Å². The van der Waals surface area contributed by atoms with Gasteiger partial charge in [-0.2, -0.15) is 0 Å². The molecular weight excluding hydrogens is 230 g/mol.